The Labute approximate surface area is 190 Å². The average molecular weight is 449 g/mol. The van der Waals surface area contributed by atoms with Crippen LogP contribution in [0.15, 0.2) is 84.0 Å². The zero-order valence-electron chi connectivity index (χ0n) is 17.0. The van der Waals surface area contributed by atoms with Crippen LogP contribution in [0.5, 0.6) is 0 Å². The highest BCUT2D eigenvalue weighted by atomic mass is 35.5. The van der Waals surface area contributed by atoms with Crippen LogP contribution in [-0.2, 0) is 11.2 Å². The number of hydrogen-bond donors (Lipinski definition) is 1. The number of amides is 1. The van der Waals surface area contributed by atoms with Gasteiger partial charge < -0.3 is 5.32 Å². The van der Waals surface area contributed by atoms with Gasteiger partial charge in [0.15, 0.2) is 11.0 Å². The molecule has 0 aliphatic rings. The molecule has 7 heteroatoms. The Bertz CT molecular complexity index is 1160. The molecule has 0 spiro atoms. The molecule has 0 fully saturated rings. The van der Waals surface area contributed by atoms with Crippen LogP contribution in [0.2, 0.25) is 5.02 Å². The minimum Gasteiger partial charge on any atom is -0.325 e. The third kappa shape index (κ3) is 5.16. The number of carbonyl (C=O) groups excluding carboxylic acids is 1. The quantitative estimate of drug-likeness (QED) is 0.358. The molecule has 0 saturated carbocycles. The molecular formula is C24H21ClN4OS. The Kier molecular flexibility index (Phi) is 6.70. The minimum atomic E-state index is -0.121. The summed E-state index contributed by atoms with van der Waals surface area (Å²) in [6.07, 6.45) is 0.973. The molecule has 0 aliphatic heterocycles. The molecule has 1 N–H and O–H groups in total. The van der Waals surface area contributed by atoms with Crippen molar-refractivity contribution in [1.29, 1.82) is 0 Å². The van der Waals surface area contributed by atoms with E-state index in [-0.39, 0.29) is 11.7 Å². The minimum absolute atomic E-state index is 0.121. The number of aryl methyl sites for hydroxylation is 1. The Balaban J connectivity index is 1.58. The largest absolute Gasteiger partial charge is 0.325 e. The first-order chi connectivity index (χ1) is 15.1. The Morgan fingerprint density at radius 2 is 1.68 bits per heavy atom. The number of nitrogens with one attached hydrogen (secondary N) is 1. The smallest absolute Gasteiger partial charge is 0.234 e. The van der Waals surface area contributed by atoms with E-state index in [0.29, 0.717) is 15.9 Å². The van der Waals surface area contributed by atoms with E-state index in [2.05, 4.69) is 46.7 Å². The van der Waals surface area contributed by atoms with Crippen molar-refractivity contribution in [2.24, 2.45) is 0 Å². The number of hydrogen-bond acceptors (Lipinski definition) is 4. The van der Waals surface area contributed by atoms with Gasteiger partial charge in [0.2, 0.25) is 5.91 Å². The number of carbonyl (C=O) groups is 1. The Morgan fingerprint density at radius 3 is 2.35 bits per heavy atom. The number of rotatable bonds is 7. The van der Waals surface area contributed by atoms with Crippen LogP contribution in [0.4, 0.5) is 5.69 Å². The number of aromatic nitrogens is 3. The summed E-state index contributed by atoms with van der Waals surface area (Å²) in [5.41, 5.74) is 3.89. The van der Waals surface area contributed by atoms with Crippen molar-refractivity contribution in [2.75, 3.05) is 11.1 Å². The van der Waals surface area contributed by atoms with Gasteiger partial charge in [0.1, 0.15) is 0 Å². The number of benzene rings is 3. The summed E-state index contributed by atoms with van der Waals surface area (Å²) < 4.78 is 2.00. The molecule has 0 aliphatic carbocycles. The number of thioether (sulfide) groups is 1. The number of nitrogens with zero attached hydrogens (tertiary/aromatic N) is 3. The summed E-state index contributed by atoms with van der Waals surface area (Å²) in [6, 6.07) is 25.3. The summed E-state index contributed by atoms with van der Waals surface area (Å²) in [7, 11) is 0. The van der Waals surface area contributed by atoms with E-state index in [9.17, 15) is 4.79 Å². The lowest BCUT2D eigenvalue weighted by Crippen LogP contribution is -2.14. The molecule has 31 heavy (non-hydrogen) atoms. The van der Waals surface area contributed by atoms with Crippen LogP contribution in [0.1, 0.15) is 12.5 Å². The highest BCUT2D eigenvalue weighted by Crippen LogP contribution is 2.28. The van der Waals surface area contributed by atoms with Gasteiger partial charge in [-0.15, -0.1) is 10.2 Å². The summed E-state index contributed by atoms with van der Waals surface area (Å²) in [5, 5.41) is 13.0. The van der Waals surface area contributed by atoms with Gasteiger partial charge >= 0.3 is 0 Å². The van der Waals surface area contributed by atoms with Gasteiger partial charge in [0, 0.05) is 22.0 Å². The Morgan fingerprint density at radius 1 is 0.968 bits per heavy atom. The first-order valence-corrected chi connectivity index (χ1v) is 11.3. The van der Waals surface area contributed by atoms with Crippen molar-refractivity contribution in [3.05, 3.63) is 89.4 Å². The molecule has 4 rings (SSSR count). The van der Waals surface area contributed by atoms with E-state index >= 15 is 0 Å². The Hall–Kier alpha value is -3.09. The van der Waals surface area contributed by atoms with Gasteiger partial charge in [-0.3, -0.25) is 9.36 Å². The maximum absolute atomic E-state index is 12.5. The van der Waals surface area contributed by atoms with Gasteiger partial charge in [-0.05, 0) is 48.4 Å². The lowest BCUT2D eigenvalue weighted by molar-refractivity contribution is -0.113. The monoisotopic (exact) mass is 448 g/mol. The van der Waals surface area contributed by atoms with E-state index in [0.717, 1.165) is 23.5 Å². The maximum atomic E-state index is 12.5. The lowest BCUT2D eigenvalue weighted by atomic mass is 10.1. The number of anilines is 1. The molecular weight excluding hydrogens is 428 g/mol. The van der Waals surface area contributed by atoms with Crippen molar-refractivity contribution in [1.82, 2.24) is 14.8 Å². The molecule has 0 radical (unpaired) electrons. The molecule has 0 saturated heterocycles. The van der Waals surface area contributed by atoms with Crippen molar-refractivity contribution in [3.63, 3.8) is 0 Å². The van der Waals surface area contributed by atoms with Gasteiger partial charge in [-0.25, -0.2) is 0 Å². The molecule has 4 aromatic rings. The van der Waals surface area contributed by atoms with Crippen molar-refractivity contribution in [2.45, 2.75) is 18.5 Å². The normalized spacial score (nSPS) is 10.8. The fraction of sp³-hybridized carbons (Fsp3) is 0.125. The molecule has 0 bridgehead atoms. The van der Waals surface area contributed by atoms with E-state index in [1.807, 2.05) is 34.9 Å². The topological polar surface area (TPSA) is 59.8 Å². The molecule has 1 heterocycles. The standard InChI is InChI=1S/C24H21ClN4OS/c1-2-17-8-14-21(15-9-17)29-23(18-6-4-3-5-7-18)27-28-24(29)31-16-22(30)26-20-12-10-19(25)11-13-20/h3-15H,2,16H2,1H3,(H,26,30). The zero-order valence-corrected chi connectivity index (χ0v) is 18.5. The highest BCUT2D eigenvalue weighted by molar-refractivity contribution is 7.99. The number of halogens is 1. The SMILES string of the molecule is CCc1ccc(-n2c(SCC(=O)Nc3ccc(Cl)cc3)nnc2-c2ccccc2)cc1. The second-order valence-electron chi connectivity index (χ2n) is 6.87. The third-order valence-electron chi connectivity index (χ3n) is 4.73. The van der Waals surface area contributed by atoms with E-state index < -0.39 is 0 Å². The van der Waals surface area contributed by atoms with E-state index in [1.165, 1.54) is 17.3 Å². The van der Waals surface area contributed by atoms with Gasteiger partial charge in [-0.1, -0.05) is 72.8 Å². The molecule has 5 nitrogen and oxygen atoms in total. The van der Waals surface area contributed by atoms with Crippen LogP contribution < -0.4 is 5.32 Å². The first kappa shape index (κ1) is 21.2. The van der Waals surface area contributed by atoms with E-state index in [1.54, 1.807) is 24.3 Å². The molecule has 3 aromatic carbocycles. The van der Waals surface area contributed by atoms with Crippen LogP contribution >= 0.6 is 23.4 Å². The van der Waals surface area contributed by atoms with Crippen molar-refractivity contribution < 1.29 is 4.79 Å². The summed E-state index contributed by atoms with van der Waals surface area (Å²) in [5.74, 6) is 0.831. The summed E-state index contributed by atoms with van der Waals surface area (Å²) >= 11 is 7.25. The maximum Gasteiger partial charge on any atom is 0.234 e. The fourth-order valence-corrected chi connectivity index (χ4v) is 3.99. The van der Waals surface area contributed by atoms with Gasteiger partial charge in [-0.2, -0.15) is 0 Å². The molecule has 156 valence electrons. The average Bonchev–Trinajstić information content (AvgIpc) is 3.24. The molecule has 1 aromatic heterocycles. The van der Waals surface area contributed by atoms with Crippen LogP contribution in [0, 0.1) is 0 Å². The predicted molar refractivity (Wildman–Crippen MR) is 127 cm³/mol. The van der Waals surface area contributed by atoms with Gasteiger partial charge in [0.05, 0.1) is 5.75 Å². The fourth-order valence-electron chi connectivity index (χ4n) is 3.11. The highest BCUT2D eigenvalue weighted by Gasteiger charge is 2.17. The second kappa shape index (κ2) is 9.81. The second-order valence-corrected chi connectivity index (χ2v) is 8.25. The molecule has 1 amide bonds. The zero-order chi connectivity index (χ0) is 21.6. The van der Waals surface area contributed by atoms with Crippen molar-refractivity contribution >= 4 is 35.0 Å². The van der Waals surface area contributed by atoms with Crippen molar-refractivity contribution in [3.8, 4) is 17.1 Å². The molecule has 0 atom stereocenters. The van der Waals surface area contributed by atoms with Gasteiger partial charge in [0.25, 0.3) is 0 Å². The lowest BCUT2D eigenvalue weighted by Gasteiger charge is -2.11. The first-order valence-electron chi connectivity index (χ1n) is 9.92. The van der Waals surface area contributed by atoms with E-state index in [4.69, 9.17) is 11.6 Å². The van der Waals surface area contributed by atoms with Crippen LogP contribution in [0.25, 0.3) is 17.1 Å². The van der Waals surface area contributed by atoms with Crippen LogP contribution in [0.3, 0.4) is 0 Å². The molecule has 0 unspecified atom stereocenters. The van der Waals surface area contributed by atoms with Crippen LogP contribution in [-0.4, -0.2) is 26.4 Å². The predicted octanol–water partition coefficient (Wildman–Crippen LogP) is 5.88. The third-order valence-corrected chi connectivity index (χ3v) is 5.91. The summed E-state index contributed by atoms with van der Waals surface area (Å²) in [4.78, 5) is 12.5. The summed E-state index contributed by atoms with van der Waals surface area (Å²) in [6.45, 7) is 2.13.